The van der Waals surface area contributed by atoms with E-state index in [4.69, 9.17) is 12.2 Å². The van der Waals surface area contributed by atoms with Gasteiger partial charge in [-0.3, -0.25) is 14.7 Å². The van der Waals surface area contributed by atoms with Crippen molar-refractivity contribution in [3.63, 3.8) is 0 Å². The van der Waals surface area contributed by atoms with E-state index in [1.54, 1.807) is 0 Å². The van der Waals surface area contributed by atoms with Crippen LogP contribution in [0.4, 0.5) is 5.82 Å². The first kappa shape index (κ1) is 9.09. The first-order valence-electron chi connectivity index (χ1n) is 3.40. The summed E-state index contributed by atoms with van der Waals surface area (Å²) in [5.41, 5.74) is 7.60. The Morgan fingerprint density at radius 2 is 2.69 bits per heavy atom. The number of carbonyl (C=O) groups is 1. The predicted octanol–water partition coefficient (Wildman–Crippen LogP) is -0.714. The highest BCUT2D eigenvalue weighted by Gasteiger charge is 2.07. The maximum absolute atomic E-state index is 11.1. The van der Waals surface area contributed by atoms with Crippen LogP contribution in [0.2, 0.25) is 0 Å². The normalized spacial score (nSPS) is 9.15. The van der Waals surface area contributed by atoms with Gasteiger partial charge < -0.3 is 5.73 Å². The number of amides is 1. The molecule has 0 saturated carbocycles. The number of nitrogens with zero attached hydrogens (tertiary/aromatic N) is 1. The van der Waals surface area contributed by atoms with Crippen molar-refractivity contribution >= 4 is 11.7 Å². The highest BCUT2D eigenvalue weighted by atomic mass is 16.6. The average molecular weight is 180 g/mol. The number of hydroxylamine groups is 1. The molecule has 4 N–H and O–H groups in total. The molecular formula is C7H8N4O2. The molecule has 0 fully saturated rings. The molecule has 1 heterocycles. The summed E-state index contributed by atoms with van der Waals surface area (Å²) in [6, 6.07) is 1.38. The molecule has 13 heavy (non-hydrogen) atoms. The van der Waals surface area contributed by atoms with Crippen LogP contribution in [-0.4, -0.2) is 22.7 Å². The lowest BCUT2D eigenvalue weighted by atomic mass is 10.4. The van der Waals surface area contributed by atoms with Crippen molar-refractivity contribution in [2.24, 2.45) is 0 Å². The number of aromatic nitrogens is 2. The molecule has 0 spiro atoms. The molecule has 0 aliphatic rings. The molecule has 0 aliphatic carbocycles. The predicted molar refractivity (Wildman–Crippen MR) is 45.3 cm³/mol. The Balaban J connectivity index is 2.45. The minimum Gasteiger partial charge on any atom is -0.382 e. The van der Waals surface area contributed by atoms with Gasteiger partial charge in [0.05, 0.1) is 0 Å². The van der Waals surface area contributed by atoms with E-state index < -0.39 is 5.91 Å². The molecule has 0 unspecified atom stereocenters. The van der Waals surface area contributed by atoms with Crippen molar-refractivity contribution in [1.82, 2.24) is 15.7 Å². The Kier molecular flexibility index (Phi) is 2.89. The molecule has 0 aliphatic heterocycles. The molecule has 1 aromatic rings. The molecule has 0 aromatic carbocycles. The van der Waals surface area contributed by atoms with Gasteiger partial charge in [-0.2, -0.15) is 5.10 Å². The second-order valence-electron chi connectivity index (χ2n) is 2.13. The van der Waals surface area contributed by atoms with Gasteiger partial charge in [0, 0.05) is 6.07 Å². The Morgan fingerprint density at radius 1 is 1.92 bits per heavy atom. The Bertz CT molecular complexity index is 339. The maximum Gasteiger partial charge on any atom is 0.292 e. The number of nitrogen functional groups attached to an aromatic ring is 1. The first-order valence-corrected chi connectivity index (χ1v) is 3.40. The minimum atomic E-state index is -0.473. The zero-order valence-electron chi connectivity index (χ0n) is 6.70. The van der Waals surface area contributed by atoms with Crippen molar-refractivity contribution in [3.05, 3.63) is 11.8 Å². The zero-order chi connectivity index (χ0) is 9.68. The molecule has 0 saturated heterocycles. The van der Waals surface area contributed by atoms with Crippen molar-refractivity contribution < 1.29 is 9.63 Å². The van der Waals surface area contributed by atoms with Crippen LogP contribution >= 0.6 is 0 Å². The monoisotopic (exact) mass is 180 g/mol. The lowest BCUT2D eigenvalue weighted by Crippen LogP contribution is -2.24. The van der Waals surface area contributed by atoms with Gasteiger partial charge in [-0.25, -0.2) is 5.48 Å². The number of hydrogen-bond donors (Lipinski definition) is 3. The number of terminal acetylenes is 1. The maximum atomic E-state index is 11.1. The summed E-state index contributed by atoms with van der Waals surface area (Å²) in [6.07, 6.45) is 4.89. The second kappa shape index (κ2) is 4.13. The summed E-state index contributed by atoms with van der Waals surface area (Å²) >= 11 is 0. The first-order chi connectivity index (χ1) is 6.24. The molecule has 1 aromatic heterocycles. The van der Waals surface area contributed by atoms with Crippen LogP contribution in [0.3, 0.4) is 0 Å². The van der Waals surface area contributed by atoms with E-state index in [0.29, 0.717) is 0 Å². The molecule has 0 atom stereocenters. The van der Waals surface area contributed by atoms with Crippen LogP contribution in [-0.2, 0) is 4.84 Å². The molecule has 0 bridgehead atoms. The number of nitrogens with one attached hydrogen (secondary N) is 2. The number of anilines is 1. The fourth-order valence-corrected chi connectivity index (χ4v) is 0.652. The lowest BCUT2D eigenvalue weighted by Gasteiger charge is -1.99. The SMILES string of the molecule is C#CCONC(=O)c1cc(N)n[nH]1. The van der Waals surface area contributed by atoms with Crippen LogP contribution in [0.1, 0.15) is 10.5 Å². The van der Waals surface area contributed by atoms with Crippen LogP contribution in [0, 0.1) is 12.3 Å². The quantitative estimate of drug-likeness (QED) is 0.325. The molecule has 68 valence electrons. The third kappa shape index (κ3) is 2.50. The van der Waals surface area contributed by atoms with Gasteiger partial charge in [-0.1, -0.05) is 5.92 Å². The van der Waals surface area contributed by atoms with Crippen molar-refractivity contribution in [3.8, 4) is 12.3 Å². The number of aromatic amines is 1. The number of rotatable bonds is 3. The van der Waals surface area contributed by atoms with Crippen LogP contribution in [0.25, 0.3) is 0 Å². The Hall–Kier alpha value is -2.00. The van der Waals surface area contributed by atoms with Crippen LogP contribution in [0.15, 0.2) is 6.07 Å². The van der Waals surface area contributed by atoms with Crippen molar-refractivity contribution in [2.75, 3.05) is 12.3 Å². The van der Waals surface area contributed by atoms with E-state index in [1.165, 1.54) is 6.07 Å². The summed E-state index contributed by atoms with van der Waals surface area (Å²) < 4.78 is 0. The number of H-pyrrole nitrogens is 1. The van der Waals surface area contributed by atoms with Crippen LogP contribution in [0.5, 0.6) is 0 Å². The van der Waals surface area contributed by atoms with Gasteiger partial charge in [0.15, 0.2) is 0 Å². The van der Waals surface area contributed by atoms with Gasteiger partial charge in [0.1, 0.15) is 18.1 Å². The number of carbonyl (C=O) groups excluding carboxylic acids is 1. The minimum absolute atomic E-state index is 0.00929. The summed E-state index contributed by atoms with van der Waals surface area (Å²) in [5.74, 6) is 1.96. The number of hydrogen-bond acceptors (Lipinski definition) is 4. The topological polar surface area (TPSA) is 93.0 Å². The molecule has 1 amide bonds. The number of nitrogens with two attached hydrogens (primary N) is 1. The molecule has 0 radical (unpaired) electrons. The third-order valence-electron chi connectivity index (χ3n) is 1.16. The molecule has 6 heteroatoms. The van der Waals surface area contributed by atoms with E-state index in [0.717, 1.165) is 0 Å². The summed E-state index contributed by atoms with van der Waals surface area (Å²) in [5, 5.41) is 5.98. The molecular weight excluding hydrogens is 172 g/mol. The zero-order valence-corrected chi connectivity index (χ0v) is 6.70. The fraction of sp³-hybridized carbons (Fsp3) is 0.143. The highest BCUT2D eigenvalue weighted by molar-refractivity contribution is 5.92. The summed E-state index contributed by atoms with van der Waals surface area (Å²) in [4.78, 5) is 15.7. The van der Waals surface area contributed by atoms with Gasteiger partial charge in [-0.05, 0) is 0 Å². The Morgan fingerprint density at radius 3 is 3.23 bits per heavy atom. The van der Waals surface area contributed by atoms with Gasteiger partial charge in [0.25, 0.3) is 5.91 Å². The second-order valence-corrected chi connectivity index (χ2v) is 2.13. The Labute approximate surface area is 74.4 Å². The third-order valence-corrected chi connectivity index (χ3v) is 1.16. The van der Waals surface area contributed by atoms with Gasteiger partial charge >= 0.3 is 0 Å². The van der Waals surface area contributed by atoms with Crippen LogP contribution < -0.4 is 11.2 Å². The molecule has 6 nitrogen and oxygen atoms in total. The molecule has 1 rings (SSSR count). The van der Waals surface area contributed by atoms with Gasteiger partial charge in [-0.15, -0.1) is 6.42 Å². The van der Waals surface area contributed by atoms with E-state index in [-0.39, 0.29) is 18.1 Å². The van der Waals surface area contributed by atoms with E-state index in [9.17, 15) is 4.79 Å². The fourth-order valence-electron chi connectivity index (χ4n) is 0.652. The van der Waals surface area contributed by atoms with Gasteiger partial charge in [0.2, 0.25) is 0 Å². The highest BCUT2D eigenvalue weighted by Crippen LogP contribution is 1.99. The average Bonchev–Trinajstić information content (AvgIpc) is 2.52. The summed E-state index contributed by atoms with van der Waals surface area (Å²) in [7, 11) is 0. The summed E-state index contributed by atoms with van der Waals surface area (Å²) in [6.45, 7) is 0.00929. The van der Waals surface area contributed by atoms with E-state index in [1.807, 2.05) is 0 Å². The largest absolute Gasteiger partial charge is 0.382 e. The lowest BCUT2D eigenvalue weighted by molar-refractivity contribution is 0.0433. The smallest absolute Gasteiger partial charge is 0.292 e. The van der Waals surface area contributed by atoms with Crippen molar-refractivity contribution in [2.45, 2.75) is 0 Å². The van der Waals surface area contributed by atoms with Crippen molar-refractivity contribution in [1.29, 1.82) is 0 Å². The standard InChI is InChI=1S/C7H8N4O2/c1-2-3-13-11-7(12)5-4-6(8)10-9-5/h1,4H,3H2,(H,11,12)(H3,8,9,10). The van der Waals surface area contributed by atoms with E-state index >= 15 is 0 Å². The van der Waals surface area contributed by atoms with E-state index in [2.05, 4.69) is 26.4 Å².